The van der Waals surface area contributed by atoms with Crippen molar-refractivity contribution in [2.45, 2.75) is 18.9 Å². The van der Waals surface area contributed by atoms with Gasteiger partial charge in [0.05, 0.1) is 6.04 Å². The molecule has 0 aliphatic carbocycles. The molecule has 0 spiro atoms. The van der Waals surface area contributed by atoms with E-state index in [1.165, 1.54) is 12.0 Å². The van der Waals surface area contributed by atoms with E-state index < -0.39 is 0 Å². The molecule has 1 saturated heterocycles. The Hall–Kier alpha value is -2.63. The number of piperidine rings is 1. The van der Waals surface area contributed by atoms with Crippen LogP contribution in [-0.4, -0.2) is 47.1 Å². The zero-order chi connectivity index (χ0) is 16.1. The number of benzene rings is 1. The smallest absolute Gasteiger partial charge is 0.323 e. The van der Waals surface area contributed by atoms with Gasteiger partial charge >= 0.3 is 6.03 Å². The molecule has 0 radical (unpaired) electrons. The Morgan fingerprint density at radius 1 is 1.30 bits per heavy atom. The van der Waals surface area contributed by atoms with Crippen molar-refractivity contribution in [1.29, 1.82) is 0 Å². The second-order valence-corrected chi connectivity index (χ2v) is 5.71. The van der Waals surface area contributed by atoms with E-state index >= 15 is 0 Å². The lowest BCUT2D eigenvalue weighted by molar-refractivity contribution is 0.196. The number of rotatable bonds is 3. The molecule has 1 fully saturated rings. The Bertz CT molecular complexity index is 634. The minimum Gasteiger partial charge on any atom is -0.369 e. The molecule has 1 aromatic heterocycles. The summed E-state index contributed by atoms with van der Waals surface area (Å²) in [6.07, 6.45) is 5.12. The summed E-state index contributed by atoms with van der Waals surface area (Å²) in [6.45, 7) is 1.87. The van der Waals surface area contributed by atoms with Gasteiger partial charge in [0.15, 0.2) is 0 Å². The monoisotopic (exact) mass is 311 g/mol. The standard InChI is InChI=1S/C17H21N5O/c1-21(17(23)20-16-9-10-18-13-19-16)15-8-5-11-22(12-15)14-6-3-2-4-7-14/h2-4,6-7,9-10,13,15H,5,8,11-12H2,1H3,(H,18,19,20,23)/t15-/m1/s1. The van der Waals surface area contributed by atoms with Gasteiger partial charge in [0, 0.05) is 32.0 Å². The highest BCUT2D eigenvalue weighted by Gasteiger charge is 2.26. The molecule has 0 unspecified atom stereocenters. The molecule has 2 amide bonds. The Morgan fingerprint density at radius 3 is 2.87 bits per heavy atom. The lowest BCUT2D eigenvalue weighted by atomic mass is 10.0. The molecule has 1 aromatic carbocycles. The van der Waals surface area contributed by atoms with Gasteiger partial charge in [-0.15, -0.1) is 0 Å². The summed E-state index contributed by atoms with van der Waals surface area (Å²) in [7, 11) is 1.84. The summed E-state index contributed by atoms with van der Waals surface area (Å²) in [4.78, 5) is 24.4. The van der Waals surface area contributed by atoms with Gasteiger partial charge in [0.25, 0.3) is 0 Å². The normalized spacial score (nSPS) is 17.6. The molecular weight excluding hydrogens is 290 g/mol. The topological polar surface area (TPSA) is 61.4 Å². The molecule has 2 aromatic rings. The van der Waals surface area contributed by atoms with Crippen LogP contribution in [0.5, 0.6) is 0 Å². The fourth-order valence-corrected chi connectivity index (χ4v) is 2.87. The highest BCUT2D eigenvalue weighted by Crippen LogP contribution is 2.22. The number of anilines is 2. The highest BCUT2D eigenvalue weighted by atomic mass is 16.2. The van der Waals surface area contributed by atoms with Gasteiger partial charge < -0.3 is 9.80 Å². The van der Waals surface area contributed by atoms with Crippen molar-refractivity contribution in [3.63, 3.8) is 0 Å². The number of carbonyl (C=O) groups excluding carboxylic acids is 1. The number of urea groups is 1. The van der Waals surface area contributed by atoms with Crippen LogP contribution >= 0.6 is 0 Å². The van der Waals surface area contributed by atoms with E-state index in [1.807, 2.05) is 25.2 Å². The minimum atomic E-state index is -0.136. The summed E-state index contributed by atoms with van der Waals surface area (Å²) in [5, 5.41) is 2.81. The highest BCUT2D eigenvalue weighted by molar-refractivity contribution is 5.88. The second-order valence-electron chi connectivity index (χ2n) is 5.71. The van der Waals surface area contributed by atoms with Gasteiger partial charge in [-0.25, -0.2) is 14.8 Å². The van der Waals surface area contributed by atoms with Crippen molar-refractivity contribution >= 4 is 17.5 Å². The van der Waals surface area contributed by atoms with Gasteiger partial charge in [-0.2, -0.15) is 0 Å². The molecule has 1 atom stereocenters. The van der Waals surface area contributed by atoms with Crippen molar-refractivity contribution in [2.75, 3.05) is 30.4 Å². The van der Waals surface area contributed by atoms with E-state index in [2.05, 4.69) is 32.3 Å². The van der Waals surface area contributed by atoms with Gasteiger partial charge in [0.2, 0.25) is 0 Å². The van der Waals surface area contributed by atoms with Crippen LogP contribution in [0.15, 0.2) is 48.9 Å². The first-order valence-electron chi connectivity index (χ1n) is 7.84. The van der Waals surface area contributed by atoms with Crippen molar-refractivity contribution in [1.82, 2.24) is 14.9 Å². The summed E-state index contributed by atoms with van der Waals surface area (Å²) in [5.74, 6) is 0.521. The maximum absolute atomic E-state index is 12.4. The van der Waals surface area contributed by atoms with Crippen LogP contribution in [-0.2, 0) is 0 Å². The average molecular weight is 311 g/mol. The number of para-hydroxylation sites is 1. The maximum Gasteiger partial charge on any atom is 0.323 e. The van der Waals surface area contributed by atoms with Crippen LogP contribution in [0.2, 0.25) is 0 Å². The Balaban J connectivity index is 1.62. The summed E-state index contributed by atoms with van der Waals surface area (Å²) >= 11 is 0. The molecule has 6 nitrogen and oxygen atoms in total. The second kappa shape index (κ2) is 7.09. The lowest BCUT2D eigenvalue weighted by Crippen LogP contribution is -2.49. The summed E-state index contributed by atoms with van der Waals surface area (Å²) in [5.41, 5.74) is 1.21. The minimum absolute atomic E-state index is 0.136. The number of carbonyl (C=O) groups is 1. The van der Waals surface area contributed by atoms with E-state index in [9.17, 15) is 4.79 Å². The van der Waals surface area contributed by atoms with Gasteiger partial charge in [-0.1, -0.05) is 18.2 Å². The van der Waals surface area contributed by atoms with E-state index in [0.717, 1.165) is 25.9 Å². The largest absolute Gasteiger partial charge is 0.369 e. The van der Waals surface area contributed by atoms with Crippen LogP contribution < -0.4 is 10.2 Å². The van der Waals surface area contributed by atoms with Gasteiger partial charge in [0.1, 0.15) is 12.1 Å². The Kier molecular flexibility index (Phi) is 4.71. The molecule has 1 N–H and O–H groups in total. The average Bonchev–Trinajstić information content (AvgIpc) is 2.63. The van der Waals surface area contributed by atoms with Gasteiger partial charge in [-0.3, -0.25) is 5.32 Å². The lowest BCUT2D eigenvalue weighted by Gasteiger charge is -2.38. The quantitative estimate of drug-likeness (QED) is 0.946. The Labute approximate surface area is 136 Å². The summed E-state index contributed by atoms with van der Waals surface area (Å²) in [6, 6.07) is 12.1. The van der Waals surface area contributed by atoms with E-state index in [4.69, 9.17) is 0 Å². The first-order chi connectivity index (χ1) is 11.2. The maximum atomic E-state index is 12.4. The summed E-state index contributed by atoms with van der Waals surface area (Å²) < 4.78 is 0. The number of hydrogen-bond acceptors (Lipinski definition) is 4. The zero-order valence-electron chi connectivity index (χ0n) is 13.2. The molecule has 0 bridgehead atoms. The molecule has 120 valence electrons. The number of aromatic nitrogens is 2. The van der Waals surface area contributed by atoms with Crippen molar-refractivity contribution in [3.8, 4) is 0 Å². The molecule has 23 heavy (non-hydrogen) atoms. The molecule has 2 heterocycles. The van der Waals surface area contributed by atoms with Crippen molar-refractivity contribution in [2.24, 2.45) is 0 Å². The third-order valence-electron chi connectivity index (χ3n) is 4.20. The molecule has 1 aliphatic rings. The predicted molar refractivity (Wildman–Crippen MR) is 90.5 cm³/mol. The van der Waals surface area contributed by atoms with Crippen LogP contribution in [0.3, 0.4) is 0 Å². The third kappa shape index (κ3) is 3.77. The van der Waals surface area contributed by atoms with Crippen LogP contribution in [0, 0.1) is 0 Å². The number of nitrogens with zero attached hydrogens (tertiary/aromatic N) is 4. The SMILES string of the molecule is CN(C(=O)Nc1ccncn1)[C@@H]1CCCN(c2ccccc2)C1. The Morgan fingerprint density at radius 2 is 2.13 bits per heavy atom. The molecule has 6 heteroatoms. The van der Waals surface area contributed by atoms with Gasteiger partial charge in [-0.05, 0) is 31.0 Å². The first-order valence-corrected chi connectivity index (χ1v) is 7.84. The first kappa shape index (κ1) is 15.3. The third-order valence-corrected chi connectivity index (χ3v) is 4.20. The van der Waals surface area contributed by atoms with E-state index in [-0.39, 0.29) is 12.1 Å². The fraction of sp³-hybridized carbons (Fsp3) is 0.353. The zero-order valence-corrected chi connectivity index (χ0v) is 13.2. The number of hydrogen-bond donors (Lipinski definition) is 1. The van der Waals surface area contributed by atoms with Crippen LogP contribution in [0.4, 0.5) is 16.3 Å². The van der Waals surface area contributed by atoms with E-state index in [1.54, 1.807) is 17.2 Å². The predicted octanol–water partition coefficient (Wildman–Crippen LogP) is 2.61. The molecule has 1 aliphatic heterocycles. The van der Waals surface area contributed by atoms with Crippen LogP contribution in [0.25, 0.3) is 0 Å². The molecular formula is C17H21N5O. The van der Waals surface area contributed by atoms with Crippen molar-refractivity contribution < 1.29 is 4.79 Å². The van der Waals surface area contributed by atoms with Crippen molar-refractivity contribution in [3.05, 3.63) is 48.9 Å². The number of likely N-dealkylation sites (N-methyl/N-ethyl adjacent to an activating group) is 1. The van der Waals surface area contributed by atoms with E-state index in [0.29, 0.717) is 5.82 Å². The number of nitrogens with one attached hydrogen (secondary N) is 1. The number of amides is 2. The fourth-order valence-electron chi connectivity index (χ4n) is 2.87. The van der Waals surface area contributed by atoms with Crippen LogP contribution in [0.1, 0.15) is 12.8 Å². The molecule has 0 saturated carbocycles. The molecule has 3 rings (SSSR count).